The number of amides is 1. The maximum absolute atomic E-state index is 11.8. The van der Waals surface area contributed by atoms with Gasteiger partial charge in [0.25, 0.3) is 0 Å². The maximum atomic E-state index is 11.8. The molecular weight excluding hydrogens is 240 g/mol. The molecule has 0 unspecified atom stereocenters. The van der Waals surface area contributed by atoms with Crippen molar-refractivity contribution < 1.29 is 9.21 Å². The van der Waals surface area contributed by atoms with Crippen LogP contribution < -0.4 is 11.1 Å². The van der Waals surface area contributed by atoms with Gasteiger partial charge in [0.15, 0.2) is 0 Å². The fourth-order valence-corrected chi connectivity index (χ4v) is 1.86. The zero-order valence-electron chi connectivity index (χ0n) is 10.7. The standard InChI is InChI=1S/C15H18N2O2/c16-14(11-12-5-2-1-3-6-12)15(18)17-9-8-13-7-4-10-19-13/h1-7,10,14H,8-9,11,16H2,(H,17,18)/t14-/m1/s1. The van der Waals surface area contributed by atoms with Gasteiger partial charge in [-0.15, -0.1) is 0 Å². The van der Waals surface area contributed by atoms with Gasteiger partial charge in [-0.3, -0.25) is 4.79 Å². The third-order valence-electron chi connectivity index (χ3n) is 2.89. The van der Waals surface area contributed by atoms with Crippen molar-refractivity contribution in [3.05, 3.63) is 60.1 Å². The number of benzene rings is 1. The van der Waals surface area contributed by atoms with Crippen molar-refractivity contribution in [1.82, 2.24) is 5.32 Å². The van der Waals surface area contributed by atoms with E-state index in [1.165, 1.54) is 0 Å². The smallest absolute Gasteiger partial charge is 0.237 e. The molecule has 2 rings (SSSR count). The van der Waals surface area contributed by atoms with Crippen LogP contribution in [0.4, 0.5) is 0 Å². The molecule has 0 aliphatic heterocycles. The quantitative estimate of drug-likeness (QED) is 0.825. The molecule has 3 N–H and O–H groups in total. The van der Waals surface area contributed by atoms with Gasteiger partial charge in [0.2, 0.25) is 5.91 Å². The van der Waals surface area contributed by atoms with E-state index in [-0.39, 0.29) is 5.91 Å². The van der Waals surface area contributed by atoms with E-state index in [4.69, 9.17) is 10.2 Å². The van der Waals surface area contributed by atoms with Crippen molar-refractivity contribution >= 4 is 5.91 Å². The van der Waals surface area contributed by atoms with E-state index in [1.54, 1.807) is 6.26 Å². The Labute approximate surface area is 112 Å². The molecule has 0 aliphatic rings. The van der Waals surface area contributed by atoms with Gasteiger partial charge >= 0.3 is 0 Å². The number of nitrogens with one attached hydrogen (secondary N) is 1. The zero-order chi connectivity index (χ0) is 13.5. The van der Waals surface area contributed by atoms with Gasteiger partial charge in [0.05, 0.1) is 12.3 Å². The highest BCUT2D eigenvalue weighted by Crippen LogP contribution is 2.02. The fourth-order valence-electron chi connectivity index (χ4n) is 1.86. The van der Waals surface area contributed by atoms with E-state index in [1.807, 2.05) is 42.5 Å². The average Bonchev–Trinajstić information content (AvgIpc) is 2.93. The Balaban J connectivity index is 1.73. The molecule has 100 valence electrons. The molecule has 2 aromatic rings. The lowest BCUT2D eigenvalue weighted by Gasteiger charge is -2.11. The predicted molar refractivity (Wildman–Crippen MR) is 73.5 cm³/mol. The number of hydrogen-bond donors (Lipinski definition) is 2. The van der Waals surface area contributed by atoms with Crippen LogP contribution in [0.25, 0.3) is 0 Å². The largest absolute Gasteiger partial charge is 0.469 e. The molecule has 1 amide bonds. The Morgan fingerprint density at radius 2 is 2.00 bits per heavy atom. The van der Waals surface area contributed by atoms with Crippen molar-refractivity contribution in [3.8, 4) is 0 Å². The summed E-state index contributed by atoms with van der Waals surface area (Å²) < 4.78 is 5.19. The molecule has 1 heterocycles. The number of hydrogen-bond acceptors (Lipinski definition) is 3. The first-order valence-corrected chi connectivity index (χ1v) is 6.35. The highest BCUT2D eigenvalue weighted by Gasteiger charge is 2.13. The van der Waals surface area contributed by atoms with Crippen LogP contribution in [-0.4, -0.2) is 18.5 Å². The third-order valence-corrected chi connectivity index (χ3v) is 2.89. The van der Waals surface area contributed by atoms with Crippen LogP contribution in [0.1, 0.15) is 11.3 Å². The molecule has 4 heteroatoms. The van der Waals surface area contributed by atoms with Crippen molar-refractivity contribution in [2.24, 2.45) is 5.73 Å². The molecule has 0 fully saturated rings. The zero-order valence-corrected chi connectivity index (χ0v) is 10.7. The SMILES string of the molecule is N[C@H](Cc1ccccc1)C(=O)NCCc1ccco1. The molecular formula is C15H18N2O2. The summed E-state index contributed by atoms with van der Waals surface area (Å²) in [4.78, 5) is 11.8. The lowest BCUT2D eigenvalue weighted by atomic mass is 10.1. The number of carbonyl (C=O) groups excluding carboxylic acids is 1. The Bertz CT molecular complexity index is 494. The summed E-state index contributed by atoms with van der Waals surface area (Å²) >= 11 is 0. The van der Waals surface area contributed by atoms with Crippen molar-refractivity contribution in [1.29, 1.82) is 0 Å². The van der Waals surface area contributed by atoms with Gasteiger partial charge in [-0.05, 0) is 24.1 Å². The summed E-state index contributed by atoms with van der Waals surface area (Å²) in [6.07, 6.45) is 2.85. The van der Waals surface area contributed by atoms with E-state index in [9.17, 15) is 4.79 Å². The lowest BCUT2D eigenvalue weighted by molar-refractivity contribution is -0.122. The van der Waals surface area contributed by atoms with Gasteiger partial charge in [0, 0.05) is 13.0 Å². The van der Waals surface area contributed by atoms with E-state index < -0.39 is 6.04 Å². The highest BCUT2D eigenvalue weighted by molar-refractivity contribution is 5.81. The second kappa shape index (κ2) is 6.75. The van der Waals surface area contributed by atoms with E-state index >= 15 is 0 Å². The molecule has 0 saturated heterocycles. The highest BCUT2D eigenvalue weighted by atomic mass is 16.3. The molecule has 0 bridgehead atoms. The number of carbonyl (C=O) groups is 1. The number of rotatable bonds is 6. The predicted octanol–water partition coefficient (Wildman–Crippen LogP) is 1.51. The molecule has 19 heavy (non-hydrogen) atoms. The van der Waals surface area contributed by atoms with Crippen LogP contribution >= 0.6 is 0 Å². The Hall–Kier alpha value is -2.07. The minimum absolute atomic E-state index is 0.129. The van der Waals surface area contributed by atoms with Crippen LogP contribution in [0.3, 0.4) is 0 Å². The van der Waals surface area contributed by atoms with Gasteiger partial charge in [0.1, 0.15) is 5.76 Å². The number of furan rings is 1. The van der Waals surface area contributed by atoms with E-state index in [0.717, 1.165) is 11.3 Å². The Morgan fingerprint density at radius 1 is 1.21 bits per heavy atom. The first-order chi connectivity index (χ1) is 9.25. The minimum Gasteiger partial charge on any atom is -0.469 e. The maximum Gasteiger partial charge on any atom is 0.237 e. The molecule has 0 saturated carbocycles. The van der Waals surface area contributed by atoms with E-state index in [0.29, 0.717) is 19.4 Å². The summed E-state index contributed by atoms with van der Waals surface area (Å²) in [6, 6.07) is 13.0. The third kappa shape index (κ3) is 4.26. The van der Waals surface area contributed by atoms with Gasteiger partial charge < -0.3 is 15.5 Å². The fraction of sp³-hybridized carbons (Fsp3) is 0.267. The van der Waals surface area contributed by atoms with Gasteiger partial charge in [-0.25, -0.2) is 0 Å². The van der Waals surface area contributed by atoms with Crippen molar-refractivity contribution in [2.45, 2.75) is 18.9 Å². The second-order valence-electron chi connectivity index (χ2n) is 4.42. The molecule has 0 radical (unpaired) electrons. The van der Waals surface area contributed by atoms with Crippen LogP contribution in [0.5, 0.6) is 0 Å². The normalized spacial score (nSPS) is 12.1. The Kier molecular flexibility index (Phi) is 4.75. The van der Waals surface area contributed by atoms with Crippen LogP contribution in [-0.2, 0) is 17.6 Å². The second-order valence-corrected chi connectivity index (χ2v) is 4.42. The van der Waals surface area contributed by atoms with E-state index in [2.05, 4.69) is 5.32 Å². The van der Waals surface area contributed by atoms with Crippen molar-refractivity contribution in [3.63, 3.8) is 0 Å². The molecule has 1 aromatic heterocycles. The summed E-state index contributed by atoms with van der Waals surface area (Å²) in [5.74, 6) is 0.729. The van der Waals surface area contributed by atoms with Crippen LogP contribution in [0.2, 0.25) is 0 Å². The van der Waals surface area contributed by atoms with Crippen LogP contribution in [0, 0.1) is 0 Å². The van der Waals surface area contributed by atoms with Crippen LogP contribution in [0.15, 0.2) is 53.1 Å². The topological polar surface area (TPSA) is 68.3 Å². The summed E-state index contributed by atoms with van der Waals surface area (Å²) in [5.41, 5.74) is 6.94. The Morgan fingerprint density at radius 3 is 2.68 bits per heavy atom. The number of nitrogens with two attached hydrogens (primary N) is 1. The van der Waals surface area contributed by atoms with Gasteiger partial charge in [-0.2, -0.15) is 0 Å². The molecule has 0 aliphatic carbocycles. The monoisotopic (exact) mass is 258 g/mol. The lowest BCUT2D eigenvalue weighted by Crippen LogP contribution is -2.42. The first-order valence-electron chi connectivity index (χ1n) is 6.35. The summed E-state index contributed by atoms with van der Waals surface area (Å²) in [7, 11) is 0. The summed E-state index contributed by atoms with van der Waals surface area (Å²) in [6.45, 7) is 0.537. The molecule has 1 atom stereocenters. The van der Waals surface area contributed by atoms with Crippen molar-refractivity contribution in [2.75, 3.05) is 6.54 Å². The average molecular weight is 258 g/mol. The summed E-state index contributed by atoms with van der Waals surface area (Å²) in [5, 5.41) is 2.82. The first kappa shape index (κ1) is 13.4. The van der Waals surface area contributed by atoms with Gasteiger partial charge in [-0.1, -0.05) is 30.3 Å². The molecule has 1 aromatic carbocycles. The minimum atomic E-state index is -0.515. The molecule has 4 nitrogen and oxygen atoms in total. The molecule has 0 spiro atoms.